The number of hydrogen-bond acceptors (Lipinski definition) is 4. The van der Waals surface area contributed by atoms with Gasteiger partial charge in [-0.2, -0.15) is 0 Å². The Morgan fingerprint density at radius 1 is 1.33 bits per heavy atom. The highest BCUT2D eigenvalue weighted by Crippen LogP contribution is 2.39. The van der Waals surface area contributed by atoms with Crippen molar-refractivity contribution in [2.75, 3.05) is 20.2 Å². The van der Waals surface area contributed by atoms with Gasteiger partial charge in [0.15, 0.2) is 0 Å². The zero-order valence-electron chi connectivity index (χ0n) is 10.8. The molecule has 0 saturated carbocycles. The summed E-state index contributed by atoms with van der Waals surface area (Å²) in [6, 6.07) is 6.36. The van der Waals surface area contributed by atoms with Gasteiger partial charge in [0.05, 0.1) is 10.2 Å². The Bertz CT molecular complexity index is 558. The van der Waals surface area contributed by atoms with Crippen LogP contribution in [0.1, 0.15) is 23.4 Å². The van der Waals surface area contributed by atoms with Crippen molar-refractivity contribution in [2.24, 2.45) is 0 Å². The molecule has 1 aliphatic heterocycles. The molecule has 0 amide bonds. The van der Waals surface area contributed by atoms with Gasteiger partial charge in [-0.25, -0.2) is 4.98 Å². The Labute approximate surface area is 111 Å². The van der Waals surface area contributed by atoms with Crippen molar-refractivity contribution in [3.8, 4) is 0 Å². The topological polar surface area (TPSA) is 34.1 Å². The number of fused-ring (bicyclic) bond motifs is 1. The number of para-hydroxylation sites is 1. The van der Waals surface area contributed by atoms with Gasteiger partial charge in [0.1, 0.15) is 10.6 Å². The van der Waals surface area contributed by atoms with E-state index in [0.29, 0.717) is 0 Å². The minimum Gasteiger partial charge on any atom is -0.371 e. The summed E-state index contributed by atoms with van der Waals surface area (Å²) in [5.41, 5.74) is 2.20. The Balaban J connectivity index is 2.09. The SMILES string of the molecule is COC1(c2nc3c(C)cccc3s2)CCNCC1. The molecule has 0 atom stereocenters. The van der Waals surface area contributed by atoms with Crippen LogP contribution in [-0.4, -0.2) is 25.2 Å². The number of benzene rings is 1. The summed E-state index contributed by atoms with van der Waals surface area (Å²) in [7, 11) is 1.81. The van der Waals surface area contributed by atoms with E-state index in [0.717, 1.165) is 36.5 Å². The number of hydrogen-bond donors (Lipinski definition) is 1. The maximum absolute atomic E-state index is 5.84. The van der Waals surface area contributed by atoms with Gasteiger partial charge < -0.3 is 10.1 Å². The average Bonchev–Trinajstić information content (AvgIpc) is 2.85. The Kier molecular flexibility index (Phi) is 3.09. The summed E-state index contributed by atoms with van der Waals surface area (Å²) < 4.78 is 7.11. The number of nitrogens with one attached hydrogen (secondary N) is 1. The molecular weight excluding hydrogens is 244 g/mol. The van der Waals surface area contributed by atoms with Crippen LogP contribution in [0.25, 0.3) is 10.2 Å². The molecule has 18 heavy (non-hydrogen) atoms. The van der Waals surface area contributed by atoms with Gasteiger partial charge in [-0.15, -0.1) is 11.3 Å². The molecule has 0 bridgehead atoms. The molecule has 2 heterocycles. The molecule has 0 aliphatic carbocycles. The van der Waals surface area contributed by atoms with Gasteiger partial charge >= 0.3 is 0 Å². The van der Waals surface area contributed by atoms with Crippen LogP contribution in [0.4, 0.5) is 0 Å². The third-order valence-electron chi connectivity index (χ3n) is 3.81. The number of ether oxygens (including phenoxy) is 1. The van der Waals surface area contributed by atoms with E-state index in [1.54, 1.807) is 11.3 Å². The summed E-state index contributed by atoms with van der Waals surface area (Å²) in [6.45, 7) is 4.12. The van der Waals surface area contributed by atoms with Crippen molar-refractivity contribution in [2.45, 2.75) is 25.4 Å². The smallest absolute Gasteiger partial charge is 0.126 e. The van der Waals surface area contributed by atoms with Crippen molar-refractivity contribution in [3.63, 3.8) is 0 Å². The minimum absolute atomic E-state index is 0.179. The van der Waals surface area contributed by atoms with E-state index in [1.807, 2.05) is 7.11 Å². The van der Waals surface area contributed by atoms with E-state index >= 15 is 0 Å². The number of aromatic nitrogens is 1. The van der Waals surface area contributed by atoms with Gasteiger partial charge in [-0.1, -0.05) is 12.1 Å². The fraction of sp³-hybridized carbons (Fsp3) is 0.500. The third-order valence-corrected chi connectivity index (χ3v) is 5.02. The van der Waals surface area contributed by atoms with E-state index in [4.69, 9.17) is 9.72 Å². The van der Waals surface area contributed by atoms with Crippen LogP contribution >= 0.6 is 11.3 Å². The fourth-order valence-electron chi connectivity index (χ4n) is 2.62. The predicted molar refractivity (Wildman–Crippen MR) is 75.1 cm³/mol. The highest BCUT2D eigenvalue weighted by atomic mass is 32.1. The molecule has 1 saturated heterocycles. The van der Waals surface area contributed by atoms with Crippen molar-refractivity contribution in [3.05, 3.63) is 28.8 Å². The van der Waals surface area contributed by atoms with Crippen molar-refractivity contribution in [1.82, 2.24) is 10.3 Å². The minimum atomic E-state index is -0.179. The first-order chi connectivity index (χ1) is 8.75. The predicted octanol–water partition coefficient (Wildman–Crippen LogP) is 2.83. The molecule has 3 rings (SSSR count). The fourth-order valence-corrected chi connectivity index (χ4v) is 3.89. The Morgan fingerprint density at radius 2 is 2.11 bits per heavy atom. The first-order valence-corrected chi connectivity index (χ1v) is 7.19. The molecule has 1 N–H and O–H groups in total. The molecule has 3 nitrogen and oxygen atoms in total. The number of aryl methyl sites for hydroxylation is 1. The molecule has 0 radical (unpaired) electrons. The molecule has 1 aliphatic rings. The molecule has 2 aromatic rings. The molecular formula is C14H18N2OS. The molecule has 1 aromatic carbocycles. The summed E-state index contributed by atoms with van der Waals surface area (Å²) in [5, 5.41) is 4.52. The molecule has 96 valence electrons. The lowest BCUT2D eigenvalue weighted by Gasteiger charge is -2.34. The van der Waals surface area contributed by atoms with Crippen LogP contribution in [0.2, 0.25) is 0 Å². The number of piperidine rings is 1. The lowest BCUT2D eigenvalue weighted by atomic mass is 9.93. The highest BCUT2D eigenvalue weighted by molar-refractivity contribution is 7.18. The summed E-state index contributed by atoms with van der Waals surface area (Å²) in [5.74, 6) is 0. The first-order valence-electron chi connectivity index (χ1n) is 6.38. The van der Waals surface area contributed by atoms with Crippen LogP contribution in [0.3, 0.4) is 0 Å². The lowest BCUT2D eigenvalue weighted by Crippen LogP contribution is -2.41. The maximum atomic E-state index is 5.84. The quantitative estimate of drug-likeness (QED) is 0.903. The Hall–Kier alpha value is -0.970. The molecule has 4 heteroatoms. The molecule has 1 aromatic heterocycles. The van der Waals surface area contributed by atoms with Gasteiger partial charge in [0, 0.05) is 7.11 Å². The number of nitrogens with zero attached hydrogens (tertiary/aromatic N) is 1. The molecule has 0 unspecified atom stereocenters. The van der Waals surface area contributed by atoms with Crippen LogP contribution in [0, 0.1) is 6.92 Å². The summed E-state index contributed by atoms with van der Waals surface area (Å²) in [6.07, 6.45) is 2.00. The second-order valence-corrected chi connectivity index (χ2v) is 5.92. The van der Waals surface area contributed by atoms with E-state index in [-0.39, 0.29) is 5.60 Å². The highest BCUT2D eigenvalue weighted by Gasteiger charge is 2.36. The lowest BCUT2D eigenvalue weighted by molar-refractivity contribution is -0.0391. The van der Waals surface area contributed by atoms with Gasteiger partial charge in [-0.05, 0) is 44.5 Å². The normalized spacial score (nSPS) is 19.2. The van der Waals surface area contributed by atoms with E-state index in [1.165, 1.54) is 10.3 Å². The molecule has 1 fully saturated rings. The number of rotatable bonds is 2. The third kappa shape index (κ3) is 1.85. The standard InChI is InChI=1S/C14H18N2OS/c1-10-4-3-5-11-12(10)16-13(18-11)14(17-2)6-8-15-9-7-14/h3-5,15H,6-9H2,1-2H3. The summed E-state index contributed by atoms with van der Waals surface area (Å²) >= 11 is 1.78. The van der Waals surface area contributed by atoms with Crippen molar-refractivity contribution in [1.29, 1.82) is 0 Å². The number of methoxy groups -OCH3 is 1. The van der Waals surface area contributed by atoms with Crippen molar-refractivity contribution >= 4 is 21.6 Å². The number of thiazole rings is 1. The van der Waals surface area contributed by atoms with E-state index < -0.39 is 0 Å². The van der Waals surface area contributed by atoms with E-state index in [9.17, 15) is 0 Å². The summed E-state index contributed by atoms with van der Waals surface area (Å²) in [4.78, 5) is 4.84. The average molecular weight is 262 g/mol. The van der Waals surface area contributed by atoms with Crippen LogP contribution in [0.15, 0.2) is 18.2 Å². The largest absolute Gasteiger partial charge is 0.371 e. The second kappa shape index (κ2) is 4.61. The molecule has 0 spiro atoms. The zero-order valence-corrected chi connectivity index (χ0v) is 11.6. The van der Waals surface area contributed by atoms with Crippen LogP contribution in [-0.2, 0) is 10.3 Å². The van der Waals surface area contributed by atoms with Gasteiger partial charge in [0.2, 0.25) is 0 Å². The van der Waals surface area contributed by atoms with E-state index in [2.05, 4.69) is 30.4 Å². The first kappa shape index (κ1) is 12.1. The zero-order chi connectivity index (χ0) is 12.6. The maximum Gasteiger partial charge on any atom is 0.126 e. The van der Waals surface area contributed by atoms with Crippen molar-refractivity contribution < 1.29 is 4.74 Å². The van der Waals surface area contributed by atoms with Gasteiger partial charge in [0.25, 0.3) is 0 Å². The monoisotopic (exact) mass is 262 g/mol. The van der Waals surface area contributed by atoms with Crippen LogP contribution in [0.5, 0.6) is 0 Å². The second-order valence-electron chi connectivity index (χ2n) is 4.89. The Morgan fingerprint density at radius 3 is 2.78 bits per heavy atom. The van der Waals surface area contributed by atoms with Crippen LogP contribution < -0.4 is 5.32 Å². The van der Waals surface area contributed by atoms with Gasteiger partial charge in [-0.3, -0.25) is 0 Å².